The number of nitrogens with one attached hydrogen (secondary N) is 2. The van der Waals surface area contributed by atoms with Crippen molar-refractivity contribution in [2.75, 3.05) is 13.1 Å². The lowest BCUT2D eigenvalue weighted by molar-refractivity contribution is 0.346. The summed E-state index contributed by atoms with van der Waals surface area (Å²) in [6, 6.07) is 8.43. The van der Waals surface area contributed by atoms with Crippen LogP contribution in [0.3, 0.4) is 0 Å². The highest BCUT2D eigenvalue weighted by Gasteiger charge is 2.39. The van der Waals surface area contributed by atoms with Gasteiger partial charge < -0.3 is 5.32 Å². The smallest absolute Gasteiger partial charge is 0.185 e. The average molecular weight is 308 g/mol. The minimum Gasteiger partial charge on any atom is -0.317 e. The van der Waals surface area contributed by atoms with Crippen molar-refractivity contribution in [2.45, 2.75) is 18.3 Å². The normalized spacial score (nSPS) is 18.7. The maximum absolute atomic E-state index is 4.22. The fourth-order valence-corrected chi connectivity index (χ4v) is 2.89. The van der Waals surface area contributed by atoms with Gasteiger partial charge in [0.15, 0.2) is 5.82 Å². The zero-order valence-corrected chi connectivity index (χ0v) is 11.4. The van der Waals surface area contributed by atoms with E-state index in [2.05, 4.69) is 66.1 Å². The van der Waals surface area contributed by atoms with Gasteiger partial charge in [-0.3, -0.25) is 0 Å². The summed E-state index contributed by atoms with van der Waals surface area (Å²) >= 11 is 3.47. The predicted molar refractivity (Wildman–Crippen MR) is 71.2 cm³/mol. The van der Waals surface area contributed by atoms with Crippen molar-refractivity contribution in [3.8, 4) is 0 Å². The van der Waals surface area contributed by atoms with E-state index in [0.29, 0.717) is 0 Å². The fourth-order valence-electron chi connectivity index (χ4n) is 2.63. The van der Waals surface area contributed by atoms with Crippen LogP contribution < -0.4 is 5.32 Å². The summed E-state index contributed by atoms with van der Waals surface area (Å²) in [5, 5.41) is 18.1. The van der Waals surface area contributed by atoms with Crippen molar-refractivity contribution in [1.82, 2.24) is 25.9 Å². The Labute approximate surface area is 113 Å². The molecule has 18 heavy (non-hydrogen) atoms. The molecule has 94 valence electrons. The third-order valence-corrected chi connectivity index (χ3v) is 4.16. The average Bonchev–Trinajstić information content (AvgIpc) is 2.95. The van der Waals surface area contributed by atoms with Crippen LogP contribution >= 0.6 is 15.9 Å². The summed E-state index contributed by atoms with van der Waals surface area (Å²) in [4.78, 5) is 0. The topological polar surface area (TPSA) is 66.5 Å². The number of nitrogens with zero attached hydrogens (tertiary/aromatic N) is 3. The monoisotopic (exact) mass is 307 g/mol. The van der Waals surface area contributed by atoms with Gasteiger partial charge in [-0.25, -0.2) is 0 Å². The molecule has 0 unspecified atom stereocenters. The van der Waals surface area contributed by atoms with Gasteiger partial charge in [0.1, 0.15) is 0 Å². The van der Waals surface area contributed by atoms with E-state index < -0.39 is 0 Å². The lowest BCUT2D eigenvalue weighted by Crippen LogP contribution is -2.41. The molecule has 0 bridgehead atoms. The Balaban J connectivity index is 2.07. The molecule has 1 fully saturated rings. The van der Waals surface area contributed by atoms with Crippen LogP contribution in [0.2, 0.25) is 0 Å². The maximum Gasteiger partial charge on any atom is 0.185 e. The molecule has 2 N–H and O–H groups in total. The van der Waals surface area contributed by atoms with Crippen LogP contribution in [0.25, 0.3) is 0 Å². The molecule has 0 aliphatic carbocycles. The van der Waals surface area contributed by atoms with Gasteiger partial charge in [0.2, 0.25) is 0 Å². The lowest BCUT2D eigenvalue weighted by atomic mass is 9.72. The molecule has 6 heteroatoms. The van der Waals surface area contributed by atoms with Gasteiger partial charge in [-0.2, -0.15) is 5.21 Å². The summed E-state index contributed by atoms with van der Waals surface area (Å²) in [5.41, 5.74) is 1.15. The van der Waals surface area contributed by atoms with Gasteiger partial charge in [-0.15, -0.1) is 10.2 Å². The number of piperidine rings is 1. The second-order valence-electron chi connectivity index (χ2n) is 4.57. The summed E-state index contributed by atoms with van der Waals surface area (Å²) in [5.74, 6) is 0.798. The molecule has 1 aromatic carbocycles. The van der Waals surface area contributed by atoms with E-state index in [1.165, 1.54) is 5.56 Å². The zero-order chi connectivity index (χ0) is 12.4. The van der Waals surface area contributed by atoms with E-state index in [0.717, 1.165) is 36.2 Å². The molecule has 0 amide bonds. The number of aromatic nitrogens is 4. The van der Waals surface area contributed by atoms with Gasteiger partial charge >= 0.3 is 0 Å². The highest BCUT2D eigenvalue weighted by molar-refractivity contribution is 9.10. The summed E-state index contributed by atoms with van der Waals surface area (Å²) in [6.07, 6.45) is 1.99. The second kappa shape index (κ2) is 4.78. The van der Waals surface area contributed by atoms with Crippen LogP contribution in [0, 0.1) is 0 Å². The van der Waals surface area contributed by atoms with Crippen LogP contribution in [0.1, 0.15) is 24.2 Å². The van der Waals surface area contributed by atoms with Crippen LogP contribution in [0.5, 0.6) is 0 Å². The molecule has 1 saturated heterocycles. The van der Waals surface area contributed by atoms with Crippen molar-refractivity contribution in [3.05, 3.63) is 40.1 Å². The Morgan fingerprint density at radius 1 is 1.11 bits per heavy atom. The molecule has 0 saturated carbocycles. The fraction of sp³-hybridized carbons (Fsp3) is 0.417. The van der Waals surface area contributed by atoms with Crippen LogP contribution in [-0.2, 0) is 5.41 Å². The molecule has 0 spiro atoms. The van der Waals surface area contributed by atoms with E-state index in [4.69, 9.17) is 0 Å². The zero-order valence-electron chi connectivity index (χ0n) is 9.86. The molecule has 1 aromatic heterocycles. The molecule has 2 heterocycles. The molecule has 5 nitrogen and oxygen atoms in total. The molecule has 0 atom stereocenters. The van der Waals surface area contributed by atoms with E-state index in [-0.39, 0.29) is 5.41 Å². The van der Waals surface area contributed by atoms with Gasteiger partial charge in [0.05, 0.1) is 5.41 Å². The first-order valence-corrected chi connectivity index (χ1v) is 6.81. The molecule has 0 radical (unpaired) electrons. The number of hydrogen-bond donors (Lipinski definition) is 2. The number of H-pyrrole nitrogens is 1. The molecule has 1 aliphatic rings. The molecule has 2 aromatic rings. The van der Waals surface area contributed by atoms with E-state index >= 15 is 0 Å². The Morgan fingerprint density at radius 2 is 1.83 bits per heavy atom. The standard InChI is InChI=1S/C12H14BrN5/c13-10-3-1-9(2-4-10)12(5-7-14-8-6-12)11-15-17-18-16-11/h1-4,14H,5-8H2,(H,15,16,17,18). The number of aromatic amines is 1. The Hall–Kier alpha value is -1.27. The van der Waals surface area contributed by atoms with Crippen molar-refractivity contribution in [3.63, 3.8) is 0 Å². The van der Waals surface area contributed by atoms with Gasteiger partial charge in [-0.1, -0.05) is 33.3 Å². The highest BCUT2D eigenvalue weighted by atomic mass is 79.9. The number of benzene rings is 1. The largest absolute Gasteiger partial charge is 0.317 e. The summed E-state index contributed by atoms with van der Waals surface area (Å²) in [7, 11) is 0. The van der Waals surface area contributed by atoms with Crippen LogP contribution in [0.4, 0.5) is 0 Å². The van der Waals surface area contributed by atoms with E-state index in [1.54, 1.807) is 0 Å². The SMILES string of the molecule is Brc1ccc(C2(c3nn[nH]n3)CCNCC2)cc1. The second-order valence-corrected chi connectivity index (χ2v) is 5.49. The third kappa shape index (κ3) is 1.95. The maximum atomic E-state index is 4.22. The summed E-state index contributed by atoms with van der Waals surface area (Å²) in [6.45, 7) is 1.95. The van der Waals surface area contributed by atoms with Gasteiger partial charge in [-0.05, 0) is 43.6 Å². The quantitative estimate of drug-likeness (QED) is 0.885. The number of hydrogen-bond acceptors (Lipinski definition) is 4. The molecular weight excluding hydrogens is 294 g/mol. The van der Waals surface area contributed by atoms with Gasteiger partial charge in [0, 0.05) is 4.47 Å². The number of halogens is 1. The summed E-state index contributed by atoms with van der Waals surface area (Å²) < 4.78 is 1.09. The first-order valence-electron chi connectivity index (χ1n) is 6.02. The molecule has 3 rings (SSSR count). The van der Waals surface area contributed by atoms with Gasteiger partial charge in [0.25, 0.3) is 0 Å². The minimum atomic E-state index is -0.112. The van der Waals surface area contributed by atoms with E-state index in [9.17, 15) is 0 Å². The van der Waals surface area contributed by atoms with Crippen molar-refractivity contribution in [2.24, 2.45) is 0 Å². The third-order valence-electron chi connectivity index (χ3n) is 3.63. The minimum absolute atomic E-state index is 0.112. The molecular formula is C12H14BrN5. The Kier molecular flexibility index (Phi) is 3.13. The Morgan fingerprint density at radius 3 is 2.44 bits per heavy atom. The highest BCUT2D eigenvalue weighted by Crippen LogP contribution is 2.38. The lowest BCUT2D eigenvalue weighted by Gasteiger charge is -2.35. The van der Waals surface area contributed by atoms with Crippen molar-refractivity contribution < 1.29 is 0 Å². The van der Waals surface area contributed by atoms with Crippen molar-refractivity contribution >= 4 is 15.9 Å². The molecule has 1 aliphatic heterocycles. The van der Waals surface area contributed by atoms with Crippen molar-refractivity contribution in [1.29, 1.82) is 0 Å². The van der Waals surface area contributed by atoms with Crippen LogP contribution in [-0.4, -0.2) is 33.7 Å². The van der Waals surface area contributed by atoms with Crippen LogP contribution in [0.15, 0.2) is 28.7 Å². The first kappa shape index (κ1) is 11.8. The Bertz CT molecular complexity index is 502. The van der Waals surface area contributed by atoms with E-state index in [1.807, 2.05) is 0 Å². The number of tetrazole rings is 1. The predicted octanol–water partition coefficient (Wildman–Crippen LogP) is 1.63. The first-order chi connectivity index (χ1) is 8.81. The number of rotatable bonds is 2.